The number of nitrogens with one attached hydrogen (secondary N) is 1. The molecule has 4 nitrogen and oxygen atoms in total. The number of nitrogens with two attached hydrogens (primary N) is 1. The van der Waals surface area contributed by atoms with Crippen molar-refractivity contribution < 1.29 is 5.11 Å². The quantitative estimate of drug-likeness (QED) is 0.344. The largest absolute Gasteiger partial charge is 0.394 e. The highest BCUT2D eigenvalue weighted by Crippen LogP contribution is 2.34. The molecule has 1 aliphatic carbocycles. The van der Waals surface area contributed by atoms with E-state index in [1.165, 1.54) is 0 Å². The summed E-state index contributed by atoms with van der Waals surface area (Å²) in [6.07, 6.45) is 1.97. The number of rotatable bonds is 2. The van der Waals surface area contributed by atoms with E-state index in [9.17, 15) is 0 Å². The summed E-state index contributed by atoms with van der Waals surface area (Å²) < 4.78 is 0. The van der Waals surface area contributed by atoms with E-state index in [0.29, 0.717) is 5.96 Å². The molecule has 0 amide bonds. The third kappa shape index (κ3) is 1.39. The van der Waals surface area contributed by atoms with Gasteiger partial charge in [0, 0.05) is 7.05 Å². The second-order valence-electron chi connectivity index (χ2n) is 2.67. The Bertz CT molecular complexity index is 151. The normalized spacial score (nSPS) is 22.4. The molecule has 0 radical (unpaired) electrons. The molecule has 1 rings (SSSR count). The van der Waals surface area contributed by atoms with Gasteiger partial charge in [0.25, 0.3) is 0 Å². The Morgan fingerprint density at radius 2 is 2.40 bits per heavy atom. The minimum Gasteiger partial charge on any atom is -0.394 e. The molecule has 0 spiro atoms. The van der Waals surface area contributed by atoms with Gasteiger partial charge in [-0.1, -0.05) is 0 Å². The zero-order chi connectivity index (χ0) is 7.61. The number of hydrogen-bond acceptors (Lipinski definition) is 2. The highest BCUT2D eigenvalue weighted by molar-refractivity contribution is 5.78. The van der Waals surface area contributed by atoms with Gasteiger partial charge < -0.3 is 16.2 Å². The van der Waals surface area contributed by atoms with Gasteiger partial charge in [0.1, 0.15) is 0 Å². The van der Waals surface area contributed by atoms with E-state index in [0.717, 1.165) is 12.8 Å². The Morgan fingerprint density at radius 3 is 2.70 bits per heavy atom. The van der Waals surface area contributed by atoms with Crippen LogP contribution in [-0.4, -0.2) is 30.3 Å². The van der Waals surface area contributed by atoms with Gasteiger partial charge in [0.2, 0.25) is 0 Å². The lowest BCUT2D eigenvalue weighted by Gasteiger charge is -2.13. The van der Waals surface area contributed by atoms with E-state index >= 15 is 0 Å². The second-order valence-corrected chi connectivity index (χ2v) is 2.67. The first kappa shape index (κ1) is 7.34. The van der Waals surface area contributed by atoms with Gasteiger partial charge >= 0.3 is 0 Å². The molecule has 58 valence electrons. The first-order valence-corrected chi connectivity index (χ1v) is 3.34. The fourth-order valence-electron chi connectivity index (χ4n) is 0.801. The van der Waals surface area contributed by atoms with Gasteiger partial charge in [-0.3, -0.25) is 4.99 Å². The molecule has 0 unspecified atom stereocenters. The van der Waals surface area contributed by atoms with E-state index < -0.39 is 0 Å². The van der Waals surface area contributed by atoms with Crippen molar-refractivity contribution in [1.29, 1.82) is 0 Å². The molecule has 4 heteroatoms. The van der Waals surface area contributed by atoms with Gasteiger partial charge in [0.15, 0.2) is 5.96 Å². The highest BCUT2D eigenvalue weighted by Gasteiger charge is 2.42. The molecule has 0 bridgehead atoms. The van der Waals surface area contributed by atoms with Gasteiger partial charge in [0.05, 0.1) is 12.1 Å². The molecule has 4 N–H and O–H groups in total. The third-order valence-corrected chi connectivity index (χ3v) is 1.79. The predicted molar refractivity (Wildman–Crippen MR) is 39.7 cm³/mol. The summed E-state index contributed by atoms with van der Waals surface area (Å²) in [7, 11) is 1.62. The summed E-state index contributed by atoms with van der Waals surface area (Å²) in [5, 5.41) is 11.8. The van der Waals surface area contributed by atoms with Crippen LogP contribution in [0.1, 0.15) is 12.8 Å². The molecule has 0 aromatic rings. The van der Waals surface area contributed by atoms with E-state index in [2.05, 4.69) is 10.3 Å². The van der Waals surface area contributed by atoms with E-state index in [4.69, 9.17) is 10.8 Å². The SMILES string of the molecule is CN=C(N)NC1(CO)CC1. The summed E-state index contributed by atoms with van der Waals surface area (Å²) in [6.45, 7) is 0.142. The standard InChI is InChI=1S/C6H13N3O/c1-8-5(7)9-6(4-10)2-3-6/h10H,2-4H2,1H3,(H3,7,8,9). The molecular formula is C6H13N3O. The van der Waals surface area contributed by atoms with Crippen LogP contribution in [0.15, 0.2) is 4.99 Å². The predicted octanol–water partition coefficient (Wildman–Crippen LogP) is -0.955. The maximum atomic E-state index is 8.83. The van der Waals surface area contributed by atoms with Crippen LogP contribution in [0.4, 0.5) is 0 Å². The molecule has 1 saturated carbocycles. The van der Waals surface area contributed by atoms with Crippen molar-refractivity contribution in [2.75, 3.05) is 13.7 Å². The van der Waals surface area contributed by atoms with Gasteiger partial charge in [-0.15, -0.1) is 0 Å². The molecule has 0 heterocycles. The van der Waals surface area contributed by atoms with Crippen molar-refractivity contribution in [3.63, 3.8) is 0 Å². The Kier molecular flexibility index (Phi) is 1.80. The lowest BCUT2D eigenvalue weighted by atomic mass is 10.3. The van der Waals surface area contributed by atoms with Crippen LogP contribution in [0, 0.1) is 0 Å². The van der Waals surface area contributed by atoms with Crippen LogP contribution in [0.25, 0.3) is 0 Å². The zero-order valence-electron chi connectivity index (χ0n) is 6.09. The molecule has 10 heavy (non-hydrogen) atoms. The number of aliphatic hydroxyl groups excluding tert-OH is 1. The van der Waals surface area contributed by atoms with E-state index in [1.807, 2.05) is 0 Å². The van der Waals surface area contributed by atoms with Crippen molar-refractivity contribution in [2.45, 2.75) is 18.4 Å². The molecule has 1 aliphatic rings. The first-order valence-electron chi connectivity index (χ1n) is 3.34. The van der Waals surface area contributed by atoms with Gasteiger partial charge in [-0.25, -0.2) is 0 Å². The smallest absolute Gasteiger partial charge is 0.188 e. The van der Waals surface area contributed by atoms with Crippen molar-refractivity contribution in [3.05, 3.63) is 0 Å². The first-order chi connectivity index (χ1) is 4.72. The zero-order valence-corrected chi connectivity index (χ0v) is 6.09. The molecule has 0 atom stereocenters. The monoisotopic (exact) mass is 143 g/mol. The Balaban J connectivity index is 2.38. The number of nitrogens with zero attached hydrogens (tertiary/aromatic N) is 1. The van der Waals surface area contributed by atoms with Gasteiger partial charge in [-0.05, 0) is 12.8 Å². The summed E-state index contributed by atoms with van der Waals surface area (Å²) in [5.41, 5.74) is 5.27. The molecule has 0 aromatic carbocycles. The van der Waals surface area contributed by atoms with Crippen LogP contribution < -0.4 is 11.1 Å². The summed E-state index contributed by atoms with van der Waals surface area (Å²) in [6, 6.07) is 0. The highest BCUT2D eigenvalue weighted by atomic mass is 16.3. The molecular weight excluding hydrogens is 130 g/mol. The third-order valence-electron chi connectivity index (χ3n) is 1.79. The fourth-order valence-corrected chi connectivity index (χ4v) is 0.801. The summed E-state index contributed by atoms with van der Waals surface area (Å²) in [4.78, 5) is 3.73. The maximum absolute atomic E-state index is 8.83. The van der Waals surface area contributed by atoms with Crippen molar-refractivity contribution in [1.82, 2.24) is 5.32 Å². The number of hydrogen-bond donors (Lipinski definition) is 3. The second kappa shape index (κ2) is 2.46. The lowest BCUT2D eigenvalue weighted by Crippen LogP contribution is -2.43. The summed E-state index contributed by atoms with van der Waals surface area (Å²) >= 11 is 0. The van der Waals surface area contributed by atoms with E-state index in [-0.39, 0.29) is 12.1 Å². The Morgan fingerprint density at radius 1 is 1.80 bits per heavy atom. The van der Waals surface area contributed by atoms with Crippen LogP contribution in [0.3, 0.4) is 0 Å². The van der Waals surface area contributed by atoms with Crippen molar-refractivity contribution in [3.8, 4) is 0 Å². The topological polar surface area (TPSA) is 70.6 Å². The summed E-state index contributed by atoms with van der Waals surface area (Å²) in [5.74, 6) is 0.409. The molecule has 0 aromatic heterocycles. The van der Waals surface area contributed by atoms with Crippen molar-refractivity contribution >= 4 is 5.96 Å². The van der Waals surface area contributed by atoms with Gasteiger partial charge in [-0.2, -0.15) is 0 Å². The van der Waals surface area contributed by atoms with Crippen LogP contribution in [0.5, 0.6) is 0 Å². The molecule has 1 fully saturated rings. The maximum Gasteiger partial charge on any atom is 0.188 e. The minimum atomic E-state index is -0.135. The minimum absolute atomic E-state index is 0.135. The molecule has 0 saturated heterocycles. The number of aliphatic hydroxyl groups is 1. The average molecular weight is 143 g/mol. The lowest BCUT2D eigenvalue weighted by molar-refractivity contribution is 0.245. The van der Waals surface area contributed by atoms with Crippen LogP contribution in [0.2, 0.25) is 0 Å². The average Bonchev–Trinajstić information content (AvgIpc) is 2.70. The Hall–Kier alpha value is -0.770. The molecule has 0 aliphatic heterocycles. The number of guanidine groups is 1. The van der Waals surface area contributed by atoms with Crippen LogP contribution in [-0.2, 0) is 0 Å². The number of aliphatic imine (C=N–C) groups is 1. The van der Waals surface area contributed by atoms with E-state index in [1.54, 1.807) is 7.05 Å². The van der Waals surface area contributed by atoms with Crippen molar-refractivity contribution in [2.24, 2.45) is 10.7 Å². The Labute approximate surface area is 60.1 Å². The fraction of sp³-hybridized carbons (Fsp3) is 0.833. The van der Waals surface area contributed by atoms with Crippen LogP contribution >= 0.6 is 0 Å².